The Hall–Kier alpha value is -1.52. The van der Waals surface area contributed by atoms with Crippen LogP contribution in [-0.4, -0.2) is 16.7 Å². The van der Waals surface area contributed by atoms with Crippen LogP contribution >= 0.6 is 27.5 Å². The highest BCUT2D eigenvalue weighted by molar-refractivity contribution is 9.10. The zero-order chi connectivity index (χ0) is 15.0. The summed E-state index contributed by atoms with van der Waals surface area (Å²) in [6.45, 7) is 1.92. The van der Waals surface area contributed by atoms with Crippen molar-refractivity contribution in [1.82, 2.24) is 9.55 Å². The molecule has 1 aromatic heterocycles. The van der Waals surface area contributed by atoms with Crippen LogP contribution in [-0.2, 0) is 0 Å². The van der Waals surface area contributed by atoms with Crippen LogP contribution in [0.25, 0.3) is 16.7 Å². The number of aromatic nitrogens is 2. The summed E-state index contributed by atoms with van der Waals surface area (Å²) in [5.74, 6) is 1.59. The van der Waals surface area contributed by atoms with Gasteiger partial charge in [0.25, 0.3) is 0 Å². The summed E-state index contributed by atoms with van der Waals surface area (Å²) in [5.41, 5.74) is 2.84. The van der Waals surface area contributed by atoms with Gasteiger partial charge in [0.05, 0.1) is 29.2 Å². The highest BCUT2D eigenvalue weighted by Crippen LogP contribution is 2.33. The molecule has 0 amide bonds. The van der Waals surface area contributed by atoms with Gasteiger partial charge in [0.2, 0.25) is 0 Å². The van der Waals surface area contributed by atoms with Crippen molar-refractivity contribution in [2.75, 3.05) is 7.11 Å². The molecule has 3 aromatic rings. The Balaban J connectivity index is 2.37. The number of rotatable bonds is 3. The number of hydrogen-bond acceptors (Lipinski definition) is 2. The Morgan fingerprint density at radius 2 is 2.00 bits per heavy atom. The number of imidazole rings is 1. The lowest BCUT2D eigenvalue weighted by molar-refractivity contribution is 0.413. The maximum atomic E-state index is 6.33. The molecule has 1 unspecified atom stereocenters. The molecular formula is C16H14BrClN2O. The second-order valence-corrected chi connectivity index (χ2v) is 6.30. The van der Waals surface area contributed by atoms with Crippen LogP contribution in [0.15, 0.2) is 46.9 Å². The first kappa shape index (κ1) is 14.4. The van der Waals surface area contributed by atoms with Gasteiger partial charge in [0.1, 0.15) is 11.6 Å². The quantitative estimate of drug-likeness (QED) is 0.604. The minimum atomic E-state index is -0.207. The van der Waals surface area contributed by atoms with E-state index in [1.165, 1.54) is 0 Å². The molecule has 3 nitrogen and oxygen atoms in total. The average molecular weight is 366 g/mol. The maximum Gasteiger partial charge on any atom is 0.142 e. The molecule has 0 fully saturated rings. The number of alkyl halides is 1. The fraction of sp³-hybridized carbons (Fsp3) is 0.188. The maximum absolute atomic E-state index is 6.33. The fourth-order valence-electron chi connectivity index (χ4n) is 2.41. The van der Waals surface area contributed by atoms with Crippen LogP contribution < -0.4 is 4.74 Å². The third-order valence-corrected chi connectivity index (χ3v) is 4.01. The molecule has 0 aliphatic heterocycles. The molecule has 0 radical (unpaired) electrons. The number of benzene rings is 2. The SMILES string of the molecule is COc1ccccc1-n1c(C(C)Cl)nc2cc(Br)ccc21. The van der Waals surface area contributed by atoms with E-state index in [4.69, 9.17) is 16.3 Å². The van der Waals surface area contributed by atoms with E-state index in [0.29, 0.717) is 0 Å². The van der Waals surface area contributed by atoms with Crippen LogP contribution in [0, 0.1) is 0 Å². The van der Waals surface area contributed by atoms with Gasteiger partial charge in [-0.25, -0.2) is 4.98 Å². The molecule has 0 saturated carbocycles. The predicted molar refractivity (Wildman–Crippen MR) is 89.6 cm³/mol. The summed E-state index contributed by atoms with van der Waals surface area (Å²) in [6.07, 6.45) is 0. The molecule has 0 aliphatic rings. The lowest BCUT2D eigenvalue weighted by Crippen LogP contribution is -2.03. The number of para-hydroxylation sites is 2. The van der Waals surface area contributed by atoms with E-state index < -0.39 is 0 Å². The minimum Gasteiger partial charge on any atom is -0.495 e. The van der Waals surface area contributed by atoms with Crippen molar-refractivity contribution in [1.29, 1.82) is 0 Å². The van der Waals surface area contributed by atoms with Crippen molar-refractivity contribution in [3.63, 3.8) is 0 Å². The molecule has 1 atom stereocenters. The van der Waals surface area contributed by atoms with E-state index >= 15 is 0 Å². The van der Waals surface area contributed by atoms with E-state index in [0.717, 1.165) is 32.8 Å². The van der Waals surface area contributed by atoms with Crippen molar-refractivity contribution in [3.05, 3.63) is 52.8 Å². The monoisotopic (exact) mass is 364 g/mol. The molecule has 1 heterocycles. The highest BCUT2D eigenvalue weighted by atomic mass is 79.9. The van der Waals surface area contributed by atoms with Gasteiger partial charge in [-0.3, -0.25) is 4.57 Å². The molecule has 0 saturated heterocycles. The van der Waals surface area contributed by atoms with Gasteiger partial charge >= 0.3 is 0 Å². The van der Waals surface area contributed by atoms with E-state index in [2.05, 4.69) is 25.5 Å². The Morgan fingerprint density at radius 3 is 2.71 bits per heavy atom. The largest absolute Gasteiger partial charge is 0.495 e. The second-order valence-electron chi connectivity index (χ2n) is 4.73. The van der Waals surface area contributed by atoms with E-state index in [-0.39, 0.29) is 5.38 Å². The number of hydrogen-bond donors (Lipinski definition) is 0. The van der Waals surface area contributed by atoms with Gasteiger partial charge in [0, 0.05) is 4.47 Å². The van der Waals surface area contributed by atoms with Crippen LogP contribution in [0.1, 0.15) is 18.1 Å². The van der Waals surface area contributed by atoms with Crippen LogP contribution in [0.5, 0.6) is 5.75 Å². The summed E-state index contributed by atoms with van der Waals surface area (Å²) in [7, 11) is 1.67. The molecule has 2 aromatic carbocycles. The van der Waals surface area contributed by atoms with E-state index in [9.17, 15) is 0 Å². The van der Waals surface area contributed by atoms with Crippen molar-refractivity contribution in [3.8, 4) is 11.4 Å². The lowest BCUT2D eigenvalue weighted by atomic mass is 10.2. The first-order valence-corrected chi connectivity index (χ1v) is 7.80. The summed E-state index contributed by atoms with van der Waals surface area (Å²) in [5, 5.41) is -0.207. The summed E-state index contributed by atoms with van der Waals surface area (Å²) in [4.78, 5) is 4.67. The standard InChI is InChI=1S/C16H14BrClN2O/c1-10(18)16-19-12-9-11(17)7-8-13(12)20(16)14-5-3-4-6-15(14)21-2/h3-10H,1-2H3. The van der Waals surface area contributed by atoms with Gasteiger partial charge in [-0.1, -0.05) is 28.1 Å². The normalized spacial score (nSPS) is 12.6. The predicted octanol–water partition coefficient (Wildman–Crippen LogP) is 5.10. The van der Waals surface area contributed by atoms with Gasteiger partial charge in [-0.2, -0.15) is 0 Å². The first-order valence-electron chi connectivity index (χ1n) is 6.57. The third-order valence-electron chi connectivity index (χ3n) is 3.32. The van der Waals surface area contributed by atoms with Crippen LogP contribution in [0.3, 0.4) is 0 Å². The smallest absolute Gasteiger partial charge is 0.142 e. The average Bonchev–Trinajstić information content (AvgIpc) is 2.85. The zero-order valence-corrected chi connectivity index (χ0v) is 14.0. The third kappa shape index (κ3) is 2.54. The summed E-state index contributed by atoms with van der Waals surface area (Å²) >= 11 is 9.81. The fourth-order valence-corrected chi connectivity index (χ4v) is 2.90. The van der Waals surface area contributed by atoms with E-state index in [1.807, 2.05) is 49.4 Å². The Morgan fingerprint density at radius 1 is 1.24 bits per heavy atom. The molecular weight excluding hydrogens is 352 g/mol. The molecule has 0 aliphatic carbocycles. The molecule has 3 rings (SSSR count). The van der Waals surface area contributed by atoms with Crippen LogP contribution in [0.4, 0.5) is 0 Å². The number of halogens is 2. The van der Waals surface area contributed by atoms with E-state index in [1.54, 1.807) is 7.11 Å². The number of nitrogens with zero attached hydrogens (tertiary/aromatic N) is 2. The lowest BCUT2D eigenvalue weighted by Gasteiger charge is -2.14. The molecule has 5 heteroatoms. The molecule has 21 heavy (non-hydrogen) atoms. The Bertz CT molecular complexity index is 798. The molecule has 108 valence electrons. The van der Waals surface area contributed by atoms with Gasteiger partial charge in [-0.15, -0.1) is 11.6 Å². The van der Waals surface area contributed by atoms with Gasteiger partial charge in [-0.05, 0) is 37.3 Å². The molecule has 0 spiro atoms. The summed E-state index contributed by atoms with van der Waals surface area (Å²) < 4.78 is 8.52. The Kier molecular flexibility index (Phi) is 3.91. The van der Waals surface area contributed by atoms with Crippen molar-refractivity contribution in [2.24, 2.45) is 0 Å². The topological polar surface area (TPSA) is 27.1 Å². The van der Waals surface area contributed by atoms with Gasteiger partial charge < -0.3 is 4.74 Å². The Labute approximate surface area is 136 Å². The molecule has 0 N–H and O–H groups in total. The summed E-state index contributed by atoms with van der Waals surface area (Å²) in [6, 6.07) is 13.9. The van der Waals surface area contributed by atoms with Gasteiger partial charge in [0.15, 0.2) is 0 Å². The zero-order valence-electron chi connectivity index (χ0n) is 11.7. The number of fused-ring (bicyclic) bond motifs is 1. The van der Waals surface area contributed by atoms with Crippen molar-refractivity contribution in [2.45, 2.75) is 12.3 Å². The highest BCUT2D eigenvalue weighted by Gasteiger charge is 2.18. The van der Waals surface area contributed by atoms with Crippen molar-refractivity contribution >= 4 is 38.6 Å². The minimum absolute atomic E-state index is 0.207. The van der Waals surface area contributed by atoms with Crippen LogP contribution in [0.2, 0.25) is 0 Å². The number of ether oxygens (including phenoxy) is 1. The first-order chi connectivity index (χ1) is 10.1. The number of methoxy groups -OCH3 is 1. The second kappa shape index (κ2) is 5.70. The van der Waals surface area contributed by atoms with Crippen molar-refractivity contribution < 1.29 is 4.74 Å². The molecule has 0 bridgehead atoms.